The number of nitrogens with two attached hydrogens (primary N) is 1. The molecule has 18 heavy (non-hydrogen) atoms. The Morgan fingerprint density at radius 1 is 1.28 bits per heavy atom. The van der Waals surface area contributed by atoms with Gasteiger partial charge in [0.15, 0.2) is 5.82 Å². The van der Waals surface area contributed by atoms with E-state index in [1.54, 1.807) is 6.20 Å². The quantitative estimate of drug-likeness (QED) is 0.637. The van der Waals surface area contributed by atoms with E-state index in [4.69, 9.17) is 5.84 Å². The zero-order chi connectivity index (χ0) is 12.5. The lowest BCUT2D eigenvalue weighted by molar-refractivity contribution is 0.618. The Bertz CT molecular complexity index is 582. The van der Waals surface area contributed by atoms with Gasteiger partial charge in [-0.05, 0) is 30.4 Å². The minimum absolute atomic E-state index is 0.184. The third-order valence-corrected chi connectivity index (χ3v) is 2.95. The second-order valence-corrected chi connectivity index (χ2v) is 4.32. The fourth-order valence-corrected chi connectivity index (χ4v) is 1.87. The molecule has 0 unspecified atom stereocenters. The Hall–Kier alpha value is -2.08. The minimum Gasteiger partial charge on any atom is -0.292 e. The molecule has 3 rings (SSSR count). The van der Waals surface area contributed by atoms with Crippen molar-refractivity contribution in [2.45, 2.75) is 18.8 Å². The Labute approximate surface area is 103 Å². The number of pyridine rings is 1. The van der Waals surface area contributed by atoms with Gasteiger partial charge in [-0.15, -0.1) is 0 Å². The highest BCUT2D eigenvalue weighted by molar-refractivity contribution is 5.60. The number of hydrogen-bond acceptors (Lipinski definition) is 5. The van der Waals surface area contributed by atoms with Crippen LogP contribution in [0.15, 0.2) is 24.7 Å². The summed E-state index contributed by atoms with van der Waals surface area (Å²) < 4.78 is 13.7. The van der Waals surface area contributed by atoms with Gasteiger partial charge in [0.25, 0.3) is 0 Å². The predicted octanol–water partition coefficient (Wildman–Crippen LogP) is 1.84. The van der Waals surface area contributed by atoms with Crippen LogP contribution in [-0.4, -0.2) is 15.0 Å². The summed E-state index contributed by atoms with van der Waals surface area (Å²) >= 11 is 0. The van der Waals surface area contributed by atoms with E-state index in [0.717, 1.165) is 11.8 Å². The molecule has 1 aliphatic rings. The van der Waals surface area contributed by atoms with Crippen LogP contribution in [0.4, 0.5) is 10.3 Å². The van der Waals surface area contributed by atoms with Gasteiger partial charge in [0.1, 0.15) is 5.69 Å². The Kier molecular flexibility index (Phi) is 2.64. The first-order valence-electron chi connectivity index (χ1n) is 5.72. The van der Waals surface area contributed by atoms with Crippen LogP contribution in [0, 0.1) is 5.82 Å². The summed E-state index contributed by atoms with van der Waals surface area (Å²) in [4.78, 5) is 11.9. The van der Waals surface area contributed by atoms with Gasteiger partial charge < -0.3 is 0 Å². The highest BCUT2D eigenvalue weighted by Gasteiger charge is 2.24. The summed E-state index contributed by atoms with van der Waals surface area (Å²) in [5.41, 5.74) is 4.30. The van der Waals surface area contributed by atoms with Crippen LogP contribution in [0.1, 0.15) is 24.3 Å². The van der Waals surface area contributed by atoms with Gasteiger partial charge in [0.05, 0.1) is 6.20 Å². The standard InChI is InChI=1S/C12H12FN5/c13-10-6-16-12(18-14)17-11(10)9-3-8(4-15-5-9)7-1-2-7/h3-7H,1-2,14H2,(H,16,17,18). The fraction of sp³-hybridized carbons (Fsp3) is 0.250. The molecule has 6 heteroatoms. The first kappa shape index (κ1) is 11.0. The normalized spacial score (nSPS) is 14.6. The molecule has 0 atom stereocenters. The van der Waals surface area contributed by atoms with Gasteiger partial charge >= 0.3 is 0 Å². The van der Waals surface area contributed by atoms with Crippen LogP contribution in [0.3, 0.4) is 0 Å². The second-order valence-electron chi connectivity index (χ2n) is 4.32. The van der Waals surface area contributed by atoms with Crippen molar-refractivity contribution >= 4 is 5.95 Å². The molecule has 1 fully saturated rings. The van der Waals surface area contributed by atoms with E-state index in [2.05, 4.69) is 20.4 Å². The SMILES string of the molecule is NNc1ncc(F)c(-c2cncc(C3CC3)c2)n1. The number of nitrogens with zero attached hydrogens (tertiary/aromatic N) is 3. The minimum atomic E-state index is -0.483. The first-order chi connectivity index (χ1) is 8.78. The average molecular weight is 245 g/mol. The number of rotatable bonds is 3. The summed E-state index contributed by atoms with van der Waals surface area (Å²) in [7, 11) is 0. The van der Waals surface area contributed by atoms with Crippen LogP contribution in [-0.2, 0) is 0 Å². The van der Waals surface area contributed by atoms with Crippen LogP contribution in [0.25, 0.3) is 11.3 Å². The number of hydrazine groups is 1. The largest absolute Gasteiger partial charge is 0.292 e. The Morgan fingerprint density at radius 2 is 2.11 bits per heavy atom. The number of aromatic nitrogens is 3. The van der Waals surface area contributed by atoms with Crippen molar-refractivity contribution in [2.75, 3.05) is 5.43 Å². The summed E-state index contributed by atoms with van der Waals surface area (Å²) in [5, 5.41) is 0. The molecule has 0 aromatic carbocycles. The van der Waals surface area contributed by atoms with E-state index in [0.29, 0.717) is 11.5 Å². The summed E-state index contributed by atoms with van der Waals surface area (Å²) in [6.45, 7) is 0. The van der Waals surface area contributed by atoms with E-state index in [1.807, 2.05) is 12.3 Å². The molecular weight excluding hydrogens is 233 g/mol. The third-order valence-electron chi connectivity index (χ3n) is 2.95. The van der Waals surface area contributed by atoms with E-state index in [-0.39, 0.29) is 11.6 Å². The number of nitrogen functional groups attached to an aromatic ring is 1. The van der Waals surface area contributed by atoms with Gasteiger partial charge in [0.2, 0.25) is 5.95 Å². The topological polar surface area (TPSA) is 76.7 Å². The van der Waals surface area contributed by atoms with Crippen molar-refractivity contribution in [3.05, 3.63) is 36.0 Å². The summed E-state index contributed by atoms with van der Waals surface area (Å²) in [6.07, 6.45) is 6.86. The van der Waals surface area contributed by atoms with E-state index in [9.17, 15) is 4.39 Å². The molecule has 5 nitrogen and oxygen atoms in total. The van der Waals surface area contributed by atoms with E-state index < -0.39 is 5.82 Å². The molecule has 0 saturated heterocycles. The molecule has 0 amide bonds. The number of anilines is 1. The summed E-state index contributed by atoms with van der Waals surface area (Å²) in [5.74, 6) is 5.49. The van der Waals surface area contributed by atoms with Gasteiger partial charge in [-0.3, -0.25) is 10.4 Å². The highest BCUT2D eigenvalue weighted by atomic mass is 19.1. The summed E-state index contributed by atoms with van der Waals surface area (Å²) in [6, 6.07) is 1.93. The molecule has 92 valence electrons. The van der Waals surface area contributed by atoms with Gasteiger partial charge in [-0.1, -0.05) is 0 Å². The molecule has 2 aromatic rings. The number of halogens is 1. The third kappa shape index (κ3) is 2.02. The van der Waals surface area contributed by atoms with Gasteiger partial charge in [-0.2, -0.15) is 0 Å². The molecule has 2 heterocycles. The molecule has 0 radical (unpaired) electrons. The molecule has 0 aliphatic heterocycles. The van der Waals surface area contributed by atoms with Crippen LogP contribution in [0.5, 0.6) is 0 Å². The predicted molar refractivity (Wildman–Crippen MR) is 65.0 cm³/mol. The van der Waals surface area contributed by atoms with Crippen LogP contribution in [0.2, 0.25) is 0 Å². The van der Waals surface area contributed by atoms with Gasteiger partial charge in [-0.25, -0.2) is 20.2 Å². The molecule has 2 aromatic heterocycles. The van der Waals surface area contributed by atoms with Crippen molar-refractivity contribution in [2.24, 2.45) is 5.84 Å². The van der Waals surface area contributed by atoms with Crippen LogP contribution < -0.4 is 11.3 Å². The lowest BCUT2D eigenvalue weighted by Gasteiger charge is -2.06. The number of nitrogens with one attached hydrogen (secondary N) is 1. The fourth-order valence-electron chi connectivity index (χ4n) is 1.87. The monoisotopic (exact) mass is 245 g/mol. The second kappa shape index (κ2) is 4.30. The first-order valence-corrected chi connectivity index (χ1v) is 5.72. The Morgan fingerprint density at radius 3 is 2.83 bits per heavy atom. The van der Waals surface area contributed by atoms with Gasteiger partial charge in [0, 0.05) is 18.0 Å². The zero-order valence-corrected chi connectivity index (χ0v) is 9.60. The maximum absolute atomic E-state index is 13.7. The maximum atomic E-state index is 13.7. The van der Waals surface area contributed by atoms with Crippen molar-refractivity contribution in [1.29, 1.82) is 0 Å². The molecule has 0 bridgehead atoms. The molecule has 0 spiro atoms. The van der Waals surface area contributed by atoms with Crippen molar-refractivity contribution < 1.29 is 4.39 Å². The average Bonchev–Trinajstić information content (AvgIpc) is 3.24. The van der Waals surface area contributed by atoms with Crippen molar-refractivity contribution in [3.8, 4) is 11.3 Å². The smallest absolute Gasteiger partial charge is 0.237 e. The number of hydrogen-bond donors (Lipinski definition) is 2. The van der Waals surface area contributed by atoms with E-state index in [1.165, 1.54) is 12.8 Å². The molecular formula is C12H12FN5. The maximum Gasteiger partial charge on any atom is 0.237 e. The lowest BCUT2D eigenvalue weighted by Crippen LogP contribution is -2.11. The van der Waals surface area contributed by atoms with E-state index >= 15 is 0 Å². The molecule has 1 aliphatic carbocycles. The lowest BCUT2D eigenvalue weighted by atomic mass is 10.1. The van der Waals surface area contributed by atoms with Crippen molar-refractivity contribution in [1.82, 2.24) is 15.0 Å². The van der Waals surface area contributed by atoms with Crippen LogP contribution >= 0.6 is 0 Å². The zero-order valence-electron chi connectivity index (χ0n) is 9.60. The Balaban J connectivity index is 2.05. The molecule has 3 N–H and O–H groups in total. The van der Waals surface area contributed by atoms with Crippen molar-refractivity contribution in [3.63, 3.8) is 0 Å². The molecule has 1 saturated carbocycles. The highest BCUT2D eigenvalue weighted by Crippen LogP contribution is 2.40.